The number of benzene rings is 1. The molecule has 0 unspecified atom stereocenters. The van der Waals surface area contributed by atoms with Crippen LogP contribution in [-0.2, 0) is 16.1 Å². The standard InChI is InChI=1S/C16H16ClNO3/c17-12-5-1-9(2-6-12)8-18-15(19)13-10-3-4-11(7-10)14(13)16(20)21/h1-6,10-11,13-14H,7-8H2,(H,18,19)(H,20,21)/t10-,11+,13-,14-/m0/s1. The number of halogens is 1. The van der Waals surface area contributed by atoms with Gasteiger partial charge in [-0.2, -0.15) is 0 Å². The van der Waals surface area contributed by atoms with Gasteiger partial charge < -0.3 is 10.4 Å². The molecule has 110 valence electrons. The van der Waals surface area contributed by atoms with Crippen molar-refractivity contribution >= 4 is 23.5 Å². The van der Waals surface area contributed by atoms with E-state index in [-0.39, 0.29) is 17.7 Å². The van der Waals surface area contributed by atoms with Gasteiger partial charge in [0.25, 0.3) is 0 Å². The molecule has 1 fully saturated rings. The van der Waals surface area contributed by atoms with E-state index in [1.54, 1.807) is 12.1 Å². The number of amides is 1. The van der Waals surface area contributed by atoms with Crippen LogP contribution in [0.5, 0.6) is 0 Å². The summed E-state index contributed by atoms with van der Waals surface area (Å²) in [6, 6.07) is 7.22. The first-order valence-corrected chi connectivity index (χ1v) is 7.37. The number of aliphatic carboxylic acids is 1. The summed E-state index contributed by atoms with van der Waals surface area (Å²) >= 11 is 5.81. The molecule has 1 aromatic rings. The maximum atomic E-state index is 12.4. The monoisotopic (exact) mass is 305 g/mol. The average molecular weight is 306 g/mol. The minimum absolute atomic E-state index is 0.00113. The summed E-state index contributed by atoms with van der Waals surface area (Å²) < 4.78 is 0. The molecule has 1 amide bonds. The summed E-state index contributed by atoms with van der Waals surface area (Å²) in [4.78, 5) is 23.7. The summed E-state index contributed by atoms with van der Waals surface area (Å²) in [5.41, 5.74) is 0.943. The van der Waals surface area contributed by atoms with Gasteiger partial charge in [0.1, 0.15) is 0 Å². The van der Waals surface area contributed by atoms with Crippen LogP contribution in [0.3, 0.4) is 0 Å². The molecule has 2 aliphatic rings. The third-order valence-electron chi connectivity index (χ3n) is 4.43. The van der Waals surface area contributed by atoms with Crippen LogP contribution in [0.4, 0.5) is 0 Å². The lowest BCUT2D eigenvalue weighted by Gasteiger charge is -2.23. The van der Waals surface area contributed by atoms with Gasteiger partial charge in [0, 0.05) is 11.6 Å². The smallest absolute Gasteiger partial charge is 0.307 e. The molecule has 1 aromatic carbocycles. The summed E-state index contributed by atoms with van der Waals surface area (Å²) in [6.45, 7) is 0.389. The topological polar surface area (TPSA) is 66.4 Å². The Morgan fingerprint density at radius 2 is 1.76 bits per heavy atom. The summed E-state index contributed by atoms with van der Waals surface area (Å²) in [5, 5.41) is 12.8. The van der Waals surface area contributed by atoms with Gasteiger partial charge in [-0.25, -0.2) is 0 Å². The lowest BCUT2D eigenvalue weighted by molar-refractivity contribution is -0.147. The van der Waals surface area contributed by atoms with Crippen LogP contribution in [0.15, 0.2) is 36.4 Å². The summed E-state index contributed by atoms with van der Waals surface area (Å²) in [7, 11) is 0. The van der Waals surface area contributed by atoms with Crippen LogP contribution in [0, 0.1) is 23.7 Å². The molecule has 0 heterocycles. The number of fused-ring (bicyclic) bond motifs is 2. The Balaban J connectivity index is 1.66. The van der Waals surface area contributed by atoms with Gasteiger partial charge in [0.15, 0.2) is 0 Å². The van der Waals surface area contributed by atoms with Crippen molar-refractivity contribution in [1.82, 2.24) is 5.32 Å². The van der Waals surface area contributed by atoms with Crippen LogP contribution in [0.25, 0.3) is 0 Å². The van der Waals surface area contributed by atoms with Gasteiger partial charge in [-0.3, -0.25) is 9.59 Å². The molecule has 4 atom stereocenters. The molecule has 0 aliphatic heterocycles. The SMILES string of the molecule is O=C(O)[C@@H]1[C@@H](C(=O)NCc2ccc(Cl)cc2)[C@H]2C=C[C@@H]1C2. The van der Waals surface area contributed by atoms with Crippen LogP contribution in [-0.4, -0.2) is 17.0 Å². The fourth-order valence-electron chi connectivity index (χ4n) is 3.43. The van der Waals surface area contributed by atoms with E-state index in [0.29, 0.717) is 11.6 Å². The number of allylic oxidation sites excluding steroid dienone is 2. The van der Waals surface area contributed by atoms with E-state index < -0.39 is 17.8 Å². The lowest BCUT2D eigenvalue weighted by Crippen LogP contribution is -2.39. The van der Waals surface area contributed by atoms with E-state index >= 15 is 0 Å². The fraction of sp³-hybridized carbons (Fsp3) is 0.375. The molecule has 0 aromatic heterocycles. The molecular weight excluding hydrogens is 290 g/mol. The number of hydrogen-bond donors (Lipinski definition) is 2. The molecule has 0 spiro atoms. The first kappa shape index (κ1) is 14.1. The first-order chi connectivity index (χ1) is 10.1. The molecule has 5 heteroatoms. The zero-order chi connectivity index (χ0) is 15.0. The van der Waals surface area contributed by atoms with Crippen molar-refractivity contribution in [3.63, 3.8) is 0 Å². The molecule has 0 radical (unpaired) electrons. The number of carbonyl (C=O) groups excluding carboxylic acids is 1. The Morgan fingerprint density at radius 3 is 2.38 bits per heavy atom. The number of hydrogen-bond acceptors (Lipinski definition) is 2. The maximum absolute atomic E-state index is 12.4. The average Bonchev–Trinajstić information content (AvgIpc) is 3.06. The maximum Gasteiger partial charge on any atom is 0.307 e. The molecule has 21 heavy (non-hydrogen) atoms. The van der Waals surface area contributed by atoms with E-state index in [9.17, 15) is 14.7 Å². The van der Waals surface area contributed by atoms with Crippen LogP contribution >= 0.6 is 11.6 Å². The Hall–Kier alpha value is -1.81. The molecule has 3 rings (SSSR count). The molecule has 2 bridgehead atoms. The van der Waals surface area contributed by atoms with Crippen molar-refractivity contribution in [1.29, 1.82) is 0 Å². The Bertz CT molecular complexity index is 596. The van der Waals surface area contributed by atoms with Crippen molar-refractivity contribution in [2.75, 3.05) is 0 Å². The Morgan fingerprint density at radius 1 is 1.14 bits per heavy atom. The second kappa shape index (κ2) is 5.53. The van der Waals surface area contributed by atoms with Gasteiger partial charge in [0.2, 0.25) is 5.91 Å². The quantitative estimate of drug-likeness (QED) is 0.840. The highest BCUT2D eigenvalue weighted by atomic mass is 35.5. The van der Waals surface area contributed by atoms with Gasteiger partial charge >= 0.3 is 5.97 Å². The second-order valence-electron chi connectivity index (χ2n) is 5.68. The van der Waals surface area contributed by atoms with Crippen molar-refractivity contribution in [2.24, 2.45) is 23.7 Å². The van der Waals surface area contributed by atoms with Gasteiger partial charge in [-0.15, -0.1) is 0 Å². The summed E-state index contributed by atoms with van der Waals surface area (Å²) in [6.07, 6.45) is 4.69. The Kier molecular flexibility index (Phi) is 3.72. The lowest BCUT2D eigenvalue weighted by atomic mass is 9.82. The minimum atomic E-state index is -0.876. The van der Waals surface area contributed by atoms with Crippen LogP contribution in [0.2, 0.25) is 5.02 Å². The third-order valence-corrected chi connectivity index (χ3v) is 4.68. The predicted molar refractivity (Wildman–Crippen MR) is 78.7 cm³/mol. The van der Waals surface area contributed by atoms with E-state index in [2.05, 4.69) is 5.32 Å². The molecule has 1 saturated carbocycles. The molecule has 2 aliphatic carbocycles. The number of nitrogens with one attached hydrogen (secondary N) is 1. The van der Waals surface area contributed by atoms with Gasteiger partial charge in [0.05, 0.1) is 11.8 Å². The number of carboxylic acids is 1. The zero-order valence-corrected chi connectivity index (χ0v) is 12.1. The highest BCUT2D eigenvalue weighted by Crippen LogP contribution is 2.48. The largest absolute Gasteiger partial charge is 0.481 e. The number of carboxylic acid groups (broad SMARTS) is 1. The van der Waals surface area contributed by atoms with Crippen molar-refractivity contribution in [3.05, 3.63) is 47.0 Å². The number of carbonyl (C=O) groups is 2. The molecule has 2 N–H and O–H groups in total. The highest BCUT2D eigenvalue weighted by molar-refractivity contribution is 6.30. The van der Waals surface area contributed by atoms with E-state index in [0.717, 1.165) is 12.0 Å². The van der Waals surface area contributed by atoms with E-state index in [1.807, 2.05) is 24.3 Å². The molecular formula is C16H16ClNO3. The zero-order valence-electron chi connectivity index (χ0n) is 11.3. The van der Waals surface area contributed by atoms with Crippen LogP contribution in [0.1, 0.15) is 12.0 Å². The second-order valence-corrected chi connectivity index (χ2v) is 6.12. The van der Waals surface area contributed by atoms with Gasteiger partial charge in [-0.1, -0.05) is 35.9 Å². The van der Waals surface area contributed by atoms with E-state index in [4.69, 9.17) is 11.6 Å². The van der Waals surface area contributed by atoms with Crippen molar-refractivity contribution < 1.29 is 14.7 Å². The van der Waals surface area contributed by atoms with Crippen molar-refractivity contribution in [3.8, 4) is 0 Å². The van der Waals surface area contributed by atoms with Crippen LogP contribution < -0.4 is 5.32 Å². The predicted octanol–water partition coefficient (Wildman–Crippen LogP) is 2.48. The normalized spacial score (nSPS) is 29.6. The minimum Gasteiger partial charge on any atom is -0.481 e. The van der Waals surface area contributed by atoms with E-state index in [1.165, 1.54) is 0 Å². The molecule has 0 saturated heterocycles. The summed E-state index contributed by atoms with van der Waals surface area (Å²) in [5.74, 6) is -2.04. The number of rotatable bonds is 4. The van der Waals surface area contributed by atoms with Gasteiger partial charge in [-0.05, 0) is 36.0 Å². The Labute approximate surface area is 127 Å². The fourth-order valence-corrected chi connectivity index (χ4v) is 3.55. The molecule has 4 nitrogen and oxygen atoms in total. The highest BCUT2D eigenvalue weighted by Gasteiger charge is 2.51. The first-order valence-electron chi connectivity index (χ1n) is 6.99. The third kappa shape index (κ3) is 2.68. The van der Waals surface area contributed by atoms with Crippen molar-refractivity contribution in [2.45, 2.75) is 13.0 Å².